The lowest BCUT2D eigenvalue weighted by molar-refractivity contribution is -0.290. The van der Waals surface area contributed by atoms with Crippen molar-refractivity contribution in [1.29, 1.82) is 0 Å². The predicted molar refractivity (Wildman–Crippen MR) is 172 cm³/mol. The summed E-state index contributed by atoms with van der Waals surface area (Å²) in [6, 6.07) is 9.10. The first-order valence-corrected chi connectivity index (χ1v) is 15.6. The lowest BCUT2D eigenvalue weighted by Crippen LogP contribution is -2.43. The van der Waals surface area contributed by atoms with E-state index in [0.717, 1.165) is 49.8 Å². The zero-order chi connectivity index (χ0) is 30.3. The molecule has 1 aliphatic rings. The van der Waals surface area contributed by atoms with Gasteiger partial charge in [0.15, 0.2) is 0 Å². The third-order valence-electron chi connectivity index (χ3n) is 9.70. The number of aliphatic hydroxyl groups is 1. The van der Waals surface area contributed by atoms with Crippen LogP contribution in [0.4, 0.5) is 0 Å². The van der Waals surface area contributed by atoms with Gasteiger partial charge in [-0.2, -0.15) is 0 Å². The summed E-state index contributed by atoms with van der Waals surface area (Å²) < 4.78 is 0. The van der Waals surface area contributed by atoms with Gasteiger partial charge in [0.2, 0.25) is 0 Å². The quantitative estimate of drug-likeness (QED) is 0.142. The Kier molecular flexibility index (Phi) is 11.3. The van der Waals surface area contributed by atoms with Crippen molar-refractivity contribution in [2.75, 3.05) is 13.2 Å². The molecule has 0 fully saturated rings. The van der Waals surface area contributed by atoms with E-state index in [4.69, 9.17) is 14.8 Å². The zero-order valence-electron chi connectivity index (χ0n) is 27.1. The highest BCUT2D eigenvalue weighted by Gasteiger charge is 2.46. The van der Waals surface area contributed by atoms with Crippen LogP contribution in [0.25, 0.3) is 11.3 Å². The molecule has 1 aromatic carbocycles. The summed E-state index contributed by atoms with van der Waals surface area (Å²) in [7, 11) is 0. The van der Waals surface area contributed by atoms with Crippen LogP contribution in [0.15, 0.2) is 65.9 Å². The monoisotopic (exact) mass is 559 g/mol. The molecule has 0 saturated heterocycles. The van der Waals surface area contributed by atoms with Gasteiger partial charge in [-0.05, 0) is 99.1 Å². The summed E-state index contributed by atoms with van der Waals surface area (Å²) in [5.74, 6) is 0. The maximum absolute atomic E-state index is 10.8. The highest BCUT2D eigenvalue weighted by atomic mass is 17.2. The molecule has 41 heavy (non-hydrogen) atoms. The van der Waals surface area contributed by atoms with Gasteiger partial charge < -0.3 is 5.11 Å². The number of hydrogen-bond acceptors (Lipinski definition) is 4. The van der Waals surface area contributed by atoms with Gasteiger partial charge in [0.25, 0.3) is 0 Å². The zero-order valence-corrected chi connectivity index (χ0v) is 27.1. The Morgan fingerprint density at radius 1 is 0.951 bits per heavy atom. The SMILES string of the molecule is CCOOCCc1ccc(-c2c(C)cc(C(CC)(CC)C3(C)C=CC(/C=C/C(O)(CC)CC)=C(C)C3)cc2C)nc1. The van der Waals surface area contributed by atoms with Crippen LogP contribution >= 0.6 is 0 Å². The Bertz CT molecular complexity index is 1220. The molecular weight excluding hydrogens is 506 g/mol. The Morgan fingerprint density at radius 3 is 2.12 bits per heavy atom. The van der Waals surface area contributed by atoms with E-state index >= 15 is 0 Å². The average Bonchev–Trinajstić information content (AvgIpc) is 2.96. The Balaban J connectivity index is 1.92. The summed E-state index contributed by atoms with van der Waals surface area (Å²) in [6.45, 7) is 20.9. The number of rotatable bonds is 14. The van der Waals surface area contributed by atoms with Gasteiger partial charge in [-0.15, -0.1) is 0 Å². The third-order valence-corrected chi connectivity index (χ3v) is 9.70. The van der Waals surface area contributed by atoms with E-state index in [1.54, 1.807) is 0 Å². The van der Waals surface area contributed by atoms with Gasteiger partial charge in [0, 0.05) is 23.6 Å². The number of benzene rings is 1. The Hall–Kier alpha value is -2.53. The van der Waals surface area contributed by atoms with Gasteiger partial charge in [-0.25, -0.2) is 9.78 Å². The van der Waals surface area contributed by atoms with E-state index in [-0.39, 0.29) is 10.8 Å². The molecule has 3 rings (SSSR count). The maximum atomic E-state index is 10.8. The van der Waals surface area contributed by atoms with E-state index in [1.165, 1.54) is 33.4 Å². The Morgan fingerprint density at radius 2 is 1.61 bits per heavy atom. The molecule has 1 aromatic heterocycles. The standard InChI is InChI=1S/C37H53NO3/c1-10-36(39,11-2)21-18-31-17-20-35(9,25-29(31)8)37(12-3,13-4)32-23-27(6)34(28(7)24-32)33-16-15-30(26-38-33)19-22-41-40-14-5/h15-18,20-21,23-24,26,39H,10-14,19,22,25H2,1-9H3/b21-18+. The van der Waals surface area contributed by atoms with E-state index in [9.17, 15) is 5.11 Å². The molecule has 1 unspecified atom stereocenters. The lowest BCUT2D eigenvalue weighted by atomic mass is 9.54. The number of nitrogens with zero attached hydrogens (tertiary/aromatic N) is 1. The smallest absolute Gasteiger partial charge is 0.0863 e. The second kappa shape index (κ2) is 14.1. The molecule has 224 valence electrons. The lowest BCUT2D eigenvalue weighted by Gasteiger charge is -2.49. The van der Waals surface area contributed by atoms with Crippen LogP contribution in [0.5, 0.6) is 0 Å². The molecule has 0 spiro atoms. The molecular formula is C37H53NO3. The summed E-state index contributed by atoms with van der Waals surface area (Å²) in [6.07, 6.45) is 16.1. The van der Waals surface area contributed by atoms with Crippen LogP contribution in [0.3, 0.4) is 0 Å². The fourth-order valence-corrected chi connectivity index (χ4v) is 6.85. The molecule has 0 saturated carbocycles. The van der Waals surface area contributed by atoms with Crippen LogP contribution in [-0.4, -0.2) is 28.9 Å². The number of pyridine rings is 1. The van der Waals surface area contributed by atoms with Gasteiger partial charge in [0.1, 0.15) is 0 Å². The first-order valence-electron chi connectivity index (χ1n) is 15.6. The van der Waals surface area contributed by atoms with Crippen molar-refractivity contribution in [3.8, 4) is 11.3 Å². The summed E-state index contributed by atoms with van der Waals surface area (Å²) in [4.78, 5) is 15.0. The number of hydrogen-bond donors (Lipinski definition) is 1. The fraction of sp³-hybridized carbons (Fsp3) is 0.541. The first-order chi connectivity index (χ1) is 19.5. The minimum Gasteiger partial charge on any atom is -0.386 e. The van der Waals surface area contributed by atoms with E-state index in [2.05, 4.69) is 84.0 Å². The highest BCUT2D eigenvalue weighted by Crippen LogP contribution is 2.54. The second-order valence-corrected chi connectivity index (χ2v) is 12.1. The van der Waals surface area contributed by atoms with Crippen LogP contribution in [0, 0.1) is 19.3 Å². The summed E-state index contributed by atoms with van der Waals surface area (Å²) in [5.41, 5.74) is 9.18. The largest absolute Gasteiger partial charge is 0.386 e. The average molecular weight is 560 g/mol. The maximum Gasteiger partial charge on any atom is 0.0863 e. The molecule has 0 amide bonds. The van der Waals surface area contributed by atoms with Gasteiger partial charge in [-0.1, -0.05) is 82.7 Å². The van der Waals surface area contributed by atoms with Crippen molar-refractivity contribution in [1.82, 2.24) is 4.98 Å². The van der Waals surface area contributed by atoms with Crippen LogP contribution in [-0.2, 0) is 21.6 Å². The van der Waals surface area contributed by atoms with Crippen molar-refractivity contribution >= 4 is 0 Å². The number of aromatic nitrogens is 1. The molecule has 1 aliphatic carbocycles. The van der Waals surface area contributed by atoms with E-state index < -0.39 is 5.60 Å². The topological polar surface area (TPSA) is 51.6 Å². The van der Waals surface area contributed by atoms with Crippen LogP contribution in [0.2, 0.25) is 0 Å². The highest BCUT2D eigenvalue weighted by molar-refractivity contribution is 5.69. The normalized spacial score (nSPS) is 18.1. The predicted octanol–water partition coefficient (Wildman–Crippen LogP) is 9.32. The molecule has 1 heterocycles. The fourth-order valence-electron chi connectivity index (χ4n) is 6.85. The molecule has 1 N–H and O–H groups in total. The molecule has 0 aliphatic heterocycles. The van der Waals surface area contributed by atoms with Crippen molar-refractivity contribution in [2.45, 2.75) is 112 Å². The van der Waals surface area contributed by atoms with E-state index in [1.807, 2.05) is 33.0 Å². The third kappa shape index (κ3) is 7.10. The summed E-state index contributed by atoms with van der Waals surface area (Å²) >= 11 is 0. The van der Waals surface area contributed by atoms with Crippen molar-refractivity contribution in [2.24, 2.45) is 5.41 Å². The van der Waals surface area contributed by atoms with Crippen LogP contribution in [0.1, 0.15) is 103 Å². The molecule has 0 radical (unpaired) electrons. The van der Waals surface area contributed by atoms with Gasteiger partial charge >= 0.3 is 0 Å². The van der Waals surface area contributed by atoms with Crippen molar-refractivity contribution in [3.05, 3.63) is 88.2 Å². The van der Waals surface area contributed by atoms with E-state index in [0.29, 0.717) is 13.2 Å². The van der Waals surface area contributed by atoms with Gasteiger partial charge in [0.05, 0.1) is 24.5 Å². The number of allylic oxidation sites excluding steroid dienone is 5. The summed E-state index contributed by atoms with van der Waals surface area (Å²) in [5, 5.41) is 10.8. The molecule has 4 heteroatoms. The molecule has 4 nitrogen and oxygen atoms in total. The molecule has 0 bridgehead atoms. The van der Waals surface area contributed by atoms with Gasteiger partial charge in [-0.3, -0.25) is 4.98 Å². The first kappa shape index (κ1) is 33.0. The van der Waals surface area contributed by atoms with Crippen molar-refractivity contribution < 1.29 is 14.9 Å². The minimum absolute atomic E-state index is 0.000522. The number of aryl methyl sites for hydroxylation is 2. The minimum atomic E-state index is -0.734. The van der Waals surface area contributed by atoms with Crippen LogP contribution < -0.4 is 0 Å². The Labute approximate surface area is 249 Å². The van der Waals surface area contributed by atoms with Crippen molar-refractivity contribution in [3.63, 3.8) is 0 Å². The second-order valence-electron chi connectivity index (χ2n) is 12.1. The molecule has 2 aromatic rings. The molecule has 1 atom stereocenters.